The molecule has 0 bridgehead atoms. The van der Waals surface area contributed by atoms with Gasteiger partial charge in [0.05, 0.1) is 18.8 Å². The van der Waals surface area contributed by atoms with E-state index in [4.69, 9.17) is 5.11 Å². The fourth-order valence-electron chi connectivity index (χ4n) is 1.27. The van der Waals surface area contributed by atoms with E-state index >= 15 is 0 Å². The number of rotatable bonds is 4. The average molecular weight is 228 g/mol. The minimum atomic E-state index is -1.34. The van der Waals surface area contributed by atoms with Crippen LogP contribution in [0.15, 0.2) is 18.2 Å². The van der Waals surface area contributed by atoms with E-state index in [1.165, 1.54) is 18.2 Å². The van der Waals surface area contributed by atoms with Crippen LogP contribution in [0.25, 0.3) is 0 Å². The number of carbonyl (C=O) groups excluding carboxylic acids is 1. The topological polar surface area (TPSA) is 66.8 Å². The van der Waals surface area contributed by atoms with Gasteiger partial charge in [-0.3, -0.25) is 0 Å². The van der Waals surface area contributed by atoms with Crippen LogP contribution < -0.4 is 0 Å². The molecule has 1 aromatic carbocycles. The average Bonchev–Trinajstić information content (AvgIpc) is 2.28. The van der Waals surface area contributed by atoms with E-state index in [9.17, 15) is 14.3 Å². The van der Waals surface area contributed by atoms with E-state index in [1.54, 1.807) is 6.92 Å². The van der Waals surface area contributed by atoms with Gasteiger partial charge in [0.15, 0.2) is 0 Å². The first-order chi connectivity index (χ1) is 7.61. The van der Waals surface area contributed by atoms with Crippen molar-refractivity contribution in [3.63, 3.8) is 0 Å². The Morgan fingerprint density at radius 2 is 2.25 bits per heavy atom. The minimum Gasteiger partial charge on any atom is -0.462 e. The minimum absolute atomic E-state index is 0.118. The zero-order valence-corrected chi connectivity index (χ0v) is 8.81. The summed E-state index contributed by atoms with van der Waals surface area (Å²) >= 11 is 0. The van der Waals surface area contributed by atoms with Crippen molar-refractivity contribution < 1.29 is 24.1 Å². The Labute approximate surface area is 92.3 Å². The molecule has 0 amide bonds. The van der Waals surface area contributed by atoms with Crippen molar-refractivity contribution in [2.45, 2.75) is 13.0 Å². The van der Waals surface area contributed by atoms with E-state index in [0.29, 0.717) is 0 Å². The third-order valence-electron chi connectivity index (χ3n) is 2.06. The summed E-state index contributed by atoms with van der Waals surface area (Å²) in [5, 5.41) is 18.0. The van der Waals surface area contributed by atoms with Crippen LogP contribution in [-0.4, -0.2) is 29.4 Å². The Morgan fingerprint density at radius 3 is 2.81 bits per heavy atom. The normalized spacial score (nSPS) is 12.2. The Balaban J connectivity index is 3.08. The first-order valence-corrected chi connectivity index (χ1v) is 4.86. The maximum Gasteiger partial charge on any atom is 0.341 e. The molecule has 1 aromatic rings. The number of esters is 1. The van der Waals surface area contributed by atoms with Gasteiger partial charge < -0.3 is 14.9 Å². The van der Waals surface area contributed by atoms with Gasteiger partial charge in [0.2, 0.25) is 0 Å². The van der Waals surface area contributed by atoms with Crippen LogP contribution in [0, 0.1) is 5.82 Å². The smallest absolute Gasteiger partial charge is 0.341 e. The van der Waals surface area contributed by atoms with E-state index in [-0.39, 0.29) is 17.7 Å². The quantitative estimate of drug-likeness (QED) is 0.755. The zero-order chi connectivity index (χ0) is 12.1. The second kappa shape index (κ2) is 5.58. The van der Waals surface area contributed by atoms with Gasteiger partial charge >= 0.3 is 5.97 Å². The largest absolute Gasteiger partial charge is 0.462 e. The van der Waals surface area contributed by atoms with Crippen LogP contribution in [0.2, 0.25) is 0 Å². The second-order valence-electron chi connectivity index (χ2n) is 3.13. The molecule has 1 rings (SSSR count). The van der Waals surface area contributed by atoms with Crippen LogP contribution in [0.3, 0.4) is 0 Å². The molecule has 1 atom stereocenters. The molecule has 16 heavy (non-hydrogen) atoms. The predicted octanol–water partition coefficient (Wildman–Crippen LogP) is 1.03. The number of hydrogen-bond acceptors (Lipinski definition) is 4. The molecule has 0 saturated carbocycles. The molecule has 4 nitrogen and oxygen atoms in total. The molecule has 0 saturated heterocycles. The van der Waals surface area contributed by atoms with Gasteiger partial charge in [-0.25, -0.2) is 9.18 Å². The molecule has 0 aliphatic carbocycles. The van der Waals surface area contributed by atoms with Gasteiger partial charge in [0, 0.05) is 5.56 Å². The number of aliphatic hydroxyl groups is 2. The Bertz CT molecular complexity index is 378. The van der Waals surface area contributed by atoms with Gasteiger partial charge in [-0.2, -0.15) is 0 Å². The zero-order valence-electron chi connectivity index (χ0n) is 8.81. The molecule has 88 valence electrons. The number of benzene rings is 1. The van der Waals surface area contributed by atoms with Crippen LogP contribution in [0.4, 0.5) is 4.39 Å². The second-order valence-corrected chi connectivity index (χ2v) is 3.13. The summed E-state index contributed by atoms with van der Waals surface area (Å²) in [5.74, 6) is -1.64. The number of hydrogen-bond donors (Lipinski definition) is 2. The van der Waals surface area contributed by atoms with Gasteiger partial charge in [0.1, 0.15) is 11.9 Å². The van der Waals surface area contributed by atoms with E-state index in [1.807, 2.05) is 0 Å². The third-order valence-corrected chi connectivity index (χ3v) is 2.06. The van der Waals surface area contributed by atoms with Crippen molar-refractivity contribution in [2.24, 2.45) is 0 Å². The van der Waals surface area contributed by atoms with Crippen molar-refractivity contribution in [3.05, 3.63) is 35.1 Å². The third kappa shape index (κ3) is 2.56. The maximum atomic E-state index is 13.7. The van der Waals surface area contributed by atoms with Gasteiger partial charge in [-0.05, 0) is 13.0 Å². The molecule has 0 aromatic heterocycles. The number of ether oxygens (including phenoxy) is 1. The summed E-state index contributed by atoms with van der Waals surface area (Å²) in [5.41, 5.74) is -0.361. The predicted molar refractivity (Wildman–Crippen MR) is 54.4 cm³/mol. The SMILES string of the molecule is CCOC(=O)c1cccc(C(O)CO)c1F. The molecule has 0 fully saturated rings. The van der Waals surface area contributed by atoms with Gasteiger partial charge in [0.25, 0.3) is 0 Å². The first kappa shape index (κ1) is 12.6. The lowest BCUT2D eigenvalue weighted by Crippen LogP contribution is -2.12. The molecular weight excluding hydrogens is 215 g/mol. The monoisotopic (exact) mass is 228 g/mol. The molecule has 5 heteroatoms. The van der Waals surface area contributed by atoms with Crippen molar-refractivity contribution >= 4 is 5.97 Å². The van der Waals surface area contributed by atoms with Crippen molar-refractivity contribution in [1.82, 2.24) is 0 Å². The van der Waals surface area contributed by atoms with Crippen LogP contribution >= 0.6 is 0 Å². The number of carbonyl (C=O) groups is 1. The molecule has 2 N–H and O–H groups in total. The van der Waals surface area contributed by atoms with Gasteiger partial charge in [-0.15, -0.1) is 0 Å². The maximum absolute atomic E-state index is 13.7. The Kier molecular flexibility index (Phi) is 4.39. The van der Waals surface area contributed by atoms with E-state index < -0.39 is 24.5 Å². The van der Waals surface area contributed by atoms with Crippen molar-refractivity contribution in [3.8, 4) is 0 Å². The fraction of sp³-hybridized carbons (Fsp3) is 0.364. The summed E-state index contributed by atoms with van der Waals surface area (Å²) < 4.78 is 18.4. The standard InChI is InChI=1S/C11H13FO4/c1-2-16-11(15)8-5-3-4-7(10(8)12)9(14)6-13/h3-5,9,13-14H,2,6H2,1H3. The molecular formula is C11H13FO4. The highest BCUT2D eigenvalue weighted by molar-refractivity contribution is 5.89. The van der Waals surface area contributed by atoms with Crippen LogP contribution in [0.1, 0.15) is 28.9 Å². The highest BCUT2D eigenvalue weighted by Gasteiger charge is 2.19. The summed E-state index contributed by atoms with van der Waals surface area (Å²) in [6.07, 6.45) is -1.34. The fourth-order valence-corrected chi connectivity index (χ4v) is 1.27. The Hall–Kier alpha value is -1.46. The van der Waals surface area contributed by atoms with Crippen LogP contribution in [-0.2, 0) is 4.74 Å². The van der Waals surface area contributed by atoms with Crippen molar-refractivity contribution in [2.75, 3.05) is 13.2 Å². The van der Waals surface area contributed by atoms with E-state index in [2.05, 4.69) is 4.74 Å². The van der Waals surface area contributed by atoms with E-state index in [0.717, 1.165) is 0 Å². The lowest BCUT2D eigenvalue weighted by Gasteiger charge is -2.11. The summed E-state index contributed by atoms with van der Waals surface area (Å²) in [6.45, 7) is 1.15. The van der Waals surface area contributed by atoms with Gasteiger partial charge in [-0.1, -0.05) is 12.1 Å². The molecule has 0 aliphatic rings. The highest BCUT2D eigenvalue weighted by Crippen LogP contribution is 2.20. The summed E-state index contributed by atoms with van der Waals surface area (Å²) in [6, 6.07) is 3.99. The van der Waals surface area contributed by atoms with Crippen molar-refractivity contribution in [1.29, 1.82) is 0 Å². The van der Waals surface area contributed by atoms with Crippen LogP contribution in [0.5, 0.6) is 0 Å². The molecule has 1 unspecified atom stereocenters. The summed E-state index contributed by atoms with van der Waals surface area (Å²) in [4.78, 5) is 11.3. The highest BCUT2D eigenvalue weighted by atomic mass is 19.1. The number of halogens is 1. The lowest BCUT2D eigenvalue weighted by atomic mass is 10.1. The number of aliphatic hydroxyl groups excluding tert-OH is 2. The molecule has 0 aliphatic heterocycles. The molecule has 0 heterocycles. The Morgan fingerprint density at radius 1 is 1.56 bits per heavy atom. The first-order valence-electron chi connectivity index (χ1n) is 4.86. The molecule has 0 spiro atoms. The lowest BCUT2D eigenvalue weighted by molar-refractivity contribution is 0.0518. The summed E-state index contributed by atoms with van der Waals surface area (Å²) in [7, 11) is 0. The molecule has 0 radical (unpaired) electrons.